The molecule has 0 saturated carbocycles. The minimum atomic E-state index is -3.96. The predicted molar refractivity (Wildman–Crippen MR) is 123 cm³/mol. The van der Waals surface area contributed by atoms with Crippen LogP contribution in [0.25, 0.3) is 0 Å². The molecule has 2 bridgehead atoms. The number of hydrogen-bond donors (Lipinski definition) is 2. The number of rotatable bonds is 8. The second-order valence-corrected chi connectivity index (χ2v) is 10.9. The maximum atomic E-state index is 14.1. The summed E-state index contributed by atoms with van der Waals surface area (Å²) in [6.45, 7) is -0.385. The average molecular weight is 512 g/mol. The molecule has 0 aliphatic carbocycles. The third-order valence-corrected chi connectivity index (χ3v) is 8.42. The number of halogens is 3. The molecular formula is C24H28F3N3O4S. The van der Waals surface area contributed by atoms with E-state index < -0.39 is 33.5 Å². The second kappa shape index (κ2) is 10.2. The van der Waals surface area contributed by atoms with Gasteiger partial charge in [-0.3, -0.25) is 4.79 Å². The van der Waals surface area contributed by atoms with Crippen molar-refractivity contribution in [2.75, 3.05) is 13.7 Å². The van der Waals surface area contributed by atoms with Crippen molar-refractivity contribution in [3.63, 3.8) is 0 Å². The van der Waals surface area contributed by atoms with E-state index >= 15 is 0 Å². The number of benzene rings is 2. The number of nitrogens with one attached hydrogen (secondary N) is 1. The van der Waals surface area contributed by atoms with Gasteiger partial charge in [0.25, 0.3) is 0 Å². The van der Waals surface area contributed by atoms with E-state index in [1.54, 1.807) is 17.0 Å². The van der Waals surface area contributed by atoms with Crippen LogP contribution in [0.15, 0.2) is 41.3 Å². The number of nitrogens with two attached hydrogens (primary N) is 1. The van der Waals surface area contributed by atoms with Crippen LogP contribution in [0.2, 0.25) is 0 Å². The van der Waals surface area contributed by atoms with E-state index in [4.69, 9.17) is 10.5 Å². The summed E-state index contributed by atoms with van der Waals surface area (Å²) in [7, 11) is -2.59. The van der Waals surface area contributed by atoms with Gasteiger partial charge in [-0.15, -0.1) is 0 Å². The number of carbonyl (C=O) groups excluding carboxylic acids is 1. The standard InChI is InChI=1S/C24H28F3N3O4S/c1-34-22-4-2-3-5-23(22)35(32,33)29-13-24(31)30-16-6-7-17(30)9-15(8-16)21(28)11-14-10-19(26)20(27)12-18(14)25/h2-5,10,12,15-17,21,29H,6-9,11,13,28H2,1H3/t15?,16?,17?,21-/m1/s1. The van der Waals surface area contributed by atoms with Crippen LogP contribution in [0.4, 0.5) is 13.2 Å². The van der Waals surface area contributed by atoms with Crippen LogP contribution >= 0.6 is 0 Å². The Morgan fingerprint density at radius 3 is 2.40 bits per heavy atom. The molecule has 2 fully saturated rings. The molecule has 1 amide bonds. The minimum absolute atomic E-state index is 0.0213. The van der Waals surface area contributed by atoms with Crippen molar-refractivity contribution in [3.8, 4) is 5.75 Å². The summed E-state index contributed by atoms with van der Waals surface area (Å²) < 4.78 is 73.7. The molecule has 2 aromatic carbocycles. The Morgan fingerprint density at radius 2 is 1.74 bits per heavy atom. The summed E-state index contributed by atoms with van der Waals surface area (Å²) in [4.78, 5) is 14.7. The number of amides is 1. The Kier molecular flexibility index (Phi) is 7.39. The van der Waals surface area contributed by atoms with E-state index in [0.717, 1.165) is 18.9 Å². The highest BCUT2D eigenvalue weighted by Crippen LogP contribution is 2.40. The van der Waals surface area contributed by atoms with Crippen molar-refractivity contribution < 1.29 is 31.1 Å². The van der Waals surface area contributed by atoms with Crippen molar-refractivity contribution in [2.45, 2.75) is 55.1 Å². The van der Waals surface area contributed by atoms with Crippen LogP contribution < -0.4 is 15.2 Å². The molecule has 2 aromatic rings. The number of hydrogen-bond acceptors (Lipinski definition) is 5. The van der Waals surface area contributed by atoms with Crippen LogP contribution in [0.5, 0.6) is 5.75 Å². The highest BCUT2D eigenvalue weighted by molar-refractivity contribution is 7.89. The van der Waals surface area contributed by atoms with Crippen molar-refractivity contribution >= 4 is 15.9 Å². The number of carbonyl (C=O) groups is 1. The normalized spacial score (nSPS) is 22.8. The molecule has 7 nitrogen and oxygen atoms in total. The fraction of sp³-hybridized carbons (Fsp3) is 0.458. The van der Waals surface area contributed by atoms with E-state index in [2.05, 4.69) is 4.72 Å². The van der Waals surface area contributed by atoms with E-state index in [0.29, 0.717) is 18.9 Å². The molecule has 2 aliphatic heterocycles. The van der Waals surface area contributed by atoms with Gasteiger partial charge in [0.05, 0.1) is 13.7 Å². The van der Waals surface area contributed by atoms with E-state index in [1.165, 1.54) is 19.2 Å². The monoisotopic (exact) mass is 511 g/mol. The fourth-order valence-corrected chi connectivity index (χ4v) is 6.43. The van der Waals surface area contributed by atoms with Gasteiger partial charge in [-0.1, -0.05) is 12.1 Å². The van der Waals surface area contributed by atoms with Gasteiger partial charge in [0.1, 0.15) is 16.5 Å². The number of methoxy groups -OCH3 is 1. The lowest BCUT2D eigenvalue weighted by Gasteiger charge is -2.41. The van der Waals surface area contributed by atoms with Crippen molar-refractivity contribution in [3.05, 3.63) is 59.4 Å². The summed E-state index contributed by atoms with van der Waals surface area (Å²) in [6, 6.07) is 6.80. The molecule has 2 aliphatic rings. The lowest BCUT2D eigenvalue weighted by atomic mass is 9.82. The Balaban J connectivity index is 1.38. The van der Waals surface area contributed by atoms with Crippen LogP contribution in [0, 0.1) is 23.4 Å². The predicted octanol–water partition coefficient (Wildman–Crippen LogP) is 2.73. The smallest absolute Gasteiger partial charge is 0.244 e. The molecule has 0 radical (unpaired) electrons. The third-order valence-electron chi connectivity index (χ3n) is 6.98. The maximum absolute atomic E-state index is 14.1. The number of piperidine rings is 1. The average Bonchev–Trinajstić information content (AvgIpc) is 3.10. The van der Waals surface area contributed by atoms with E-state index in [1.807, 2.05) is 0 Å². The van der Waals surface area contributed by atoms with Gasteiger partial charge in [-0.05, 0) is 61.8 Å². The van der Waals surface area contributed by atoms with Gasteiger partial charge < -0.3 is 15.4 Å². The molecule has 35 heavy (non-hydrogen) atoms. The molecule has 11 heteroatoms. The largest absolute Gasteiger partial charge is 0.495 e. The first-order valence-corrected chi connectivity index (χ1v) is 12.9. The van der Waals surface area contributed by atoms with Crippen molar-refractivity contribution in [2.24, 2.45) is 11.7 Å². The van der Waals surface area contributed by atoms with Gasteiger partial charge in [-0.2, -0.15) is 0 Å². The van der Waals surface area contributed by atoms with Crippen LogP contribution in [-0.4, -0.2) is 51.0 Å². The highest BCUT2D eigenvalue weighted by Gasteiger charge is 2.44. The number of ether oxygens (including phenoxy) is 1. The van der Waals surface area contributed by atoms with Gasteiger partial charge in [0, 0.05) is 24.2 Å². The zero-order valence-electron chi connectivity index (χ0n) is 19.2. The lowest BCUT2D eigenvalue weighted by molar-refractivity contribution is -0.135. The van der Waals surface area contributed by atoms with E-state index in [9.17, 15) is 26.4 Å². The number of nitrogens with zero attached hydrogens (tertiary/aromatic N) is 1. The summed E-state index contributed by atoms with van der Waals surface area (Å²) in [5.74, 6) is -3.38. The van der Waals surface area contributed by atoms with Crippen LogP contribution in [0.1, 0.15) is 31.2 Å². The SMILES string of the molecule is COc1ccccc1S(=O)(=O)NCC(=O)N1C2CCC1CC([C@H](N)Cc1cc(F)c(F)cc1F)C2. The molecule has 2 saturated heterocycles. The molecule has 0 aromatic heterocycles. The highest BCUT2D eigenvalue weighted by atomic mass is 32.2. The number of para-hydroxylation sites is 1. The van der Waals surface area contributed by atoms with Gasteiger partial charge in [-0.25, -0.2) is 26.3 Å². The Labute approximate surface area is 202 Å². The van der Waals surface area contributed by atoms with Crippen molar-refractivity contribution in [1.29, 1.82) is 0 Å². The molecule has 3 atom stereocenters. The Bertz CT molecular complexity index is 1200. The number of fused-ring (bicyclic) bond motifs is 2. The molecule has 0 spiro atoms. The molecule has 4 rings (SSSR count). The Hall–Kier alpha value is -2.63. The molecule has 190 valence electrons. The van der Waals surface area contributed by atoms with Gasteiger partial charge in [0.2, 0.25) is 15.9 Å². The van der Waals surface area contributed by atoms with Crippen LogP contribution in [0.3, 0.4) is 0 Å². The first kappa shape index (κ1) is 25.5. The lowest BCUT2D eigenvalue weighted by Crippen LogP contribution is -2.52. The minimum Gasteiger partial charge on any atom is -0.495 e. The Morgan fingerprint density at radius 1 is 1.11 bits per heavy atom. The third kappa shape index (κ3) is 5.31. The zero-order chi connectivity index (χ0) is 25.3. The first-order chi connectivity index (χ1) is 16.6. The molecule has 2 unspecified atom stereocenters. The summed E-state index contributed by atoms with van der Waals surface area (Å²) in [5, 5.41) is 0. The molecule has 3 N–H and O–H groups in total. The van der Waals surface area contributed by atoms with E-state index in [-0.39, 0.29) is 53.1 Å². The van der Waals surface area contributed by atoms with Gasteiger partial charge >= 0.3 is 0 Å². The fourth-order valence-electron chi connectivity index (χ4n) is 5.28. The second-order valence-electron chi connectivity index (χ2n) is 9.12. The summed E-state index contributed by atoms with van der Waals surface area (Å²) in [5.41, 5.74) is 6.35. The maximum Gasteiger partial charge on any atom is 0.244 e. The first-order valence-electron chi connectivity index (χ1n) is 11.4. The quantitative estimate of drug-likeness (QED) is 0.531. The summed E-state index contributed by atoms with van der Waals surface area (Å²) >= 11 is 0. The summed E-state index contributed by atoms with van der Waals surface area (Å²) in [6.07, 6.45) is 2.73. The molecule has 2 heterocycles. The molecular weight excluding hydrogens is 483 g/mol. The topological polar surface area (TPSA) is 102 Å². The van der Waals surface area contributed by atoms with Gasteiger partial charge in [0.15, 0.2) is 11.6 Å². The van der Waals surface area contributed by atoms with Crippen LogP contribution in [-0.2, 0) is 21.2 Å². The number of sulfonamides is 1. The van der Waals surface area contributed by atoms with Crippen molar-refractivity contribution in [1.82, 2.24) is 9.62 Å². The zero-order valence-corrected chi connectivity index (χ0v) is 20.0.